The van der Waals surface area contributed by atoms with Crippen LogP contribution in [0.25, 0.3) is 0 Å². The molecule has 146 valence electrons. The molecule has 0 N–H and O–H groups in total. The molecule has 3 heterocycles. The molecule has 26 heavy (non-hydrogen) atoms. The monoisotopic (exact) mass is 376 g/mol. The van der Waals surface area contributed by atoms with Gasteiger partial charge in [0.2, 0.25) is 5.13 Å². The molecule has 1 aromatic heterocycles. The van der Waals surface area contributed by atoms with E-state index in [0.29, 0.717) is 0 Å². The fourth-order valence-corrected chi connectivity index (χ4v) is 6.34. The third-order valence-corrected chi connectivity index (χ3v) is 8.06. The van der Waals surface area contributed by atoms with Crippen molar-refractivity contribution in [1.29, 1.82) is 0 Å². The second kappa shape index (κ2) is 9.01. The van der Waals surface area contributed by atoms with Crippen LogP contribution in [0.2, 0.25) is 0 Å². The van der Waals surface area contributed by atoms with Crippen LogP contribution in [0.15, 0.2) is 0 Å². The van der Waals surface area contributed by atoms with Gasteiger partial charge in [-0.1, -0.05) is 56.8 Å². The molecule has 0 bridgehead atoms. The summed E-state index contributed by atoms with van der Waals surface area (Å²) in [5.41, 5.74) is 0. The van der Waals surface area contributed by atoms with E-state index >= 15 is 0 Å². The smallest absolute Gasteiger partial charge is 0.208 e. The number of rotatable bonds is 5. The number of nitrogens with zero attached hydrogens (tertiary/aromatic N) is 4. The molecule has 4 rings (SSSR count). The van der Waals surface area contributed by atoms with Crippen molar-refractivity contribution in [1.82, 2.24) is 15.1 Å². The van der Waals surface area contributed by atoms with Crippen LogP contribution in [0.4, 0.5) is 5.13 Å². The van der Waals surface area contributed by atoms with Gasteiger partial charge in [-0.05, 0) is 50.6 Å². The normalized spacial score (nSPS) is 25.5. The molecule has 5 heteroatoms. The second-order valence-electron chi connectivity index (χ2n) is 8.87. The maximum absolute atomic E-state index is 4.56. The Morgan fingerprint density at radius 1 is 0.885 bits per heavy atom. The SMILES string of the molecule is CC(Cc1nnc(N2CCC(N3CCCCC3)CC2)s1)C1CCCCC1. The summed E-state index contributed by atoms with van der Waals surface area (Å²) < 4.78 is 0. The van der Waals surface area contributed by atoms with Gasteiger partial charge in [0.05, 0.1) is 0 Å². The number of aromatic nitrogens is 2. The minimum atomic E-state index is 0.765. The number of anilines is 1. The third-order valence-electron chi connectivity index (χ3n) is 7.05. The third kappa shape index (κ3) is 4.59. The van der Waals surface area contributed by atoms with E-state index in [0.717, 1.165) is 37.4 Å². The topological polar surface area (TPSA) is 32.3 Å². The Kier molecular flexibility index (Phi) is 6.47. The van der Waals surface area contributed by atoms with Gasteiger partial charge in [-0.2, -0.15) is 0 Å². The molecule has 4 nitrogen and oxygen atoms in total. The van der Waals surface area contributed by atoms with Gasteiger partial charge in [0.1, 0.15) is 5.01 Å². The molecule has 3 fully saturated rings. The minimum absolute atomic E-state index is 0.765. The first-order valence-corrected chi connectivity index (χ1v) is 11.9. The minimum Gasteiger partial charge on any atom is -0.347 e. The predicted molar refractivity (Wildman–Crippen MR) is 110 cm³/mol. The number of likely N-dealkylation sites (tertiary alicyclic amines) is 1. The van der Waals surface area contributed by atoms with E-state index in [4.69, 9.17) is 0 Å². The summed E-state index contributed by atoms with van der Waals surface area (Å²) in [4.78, 5) is 5.24. The van der Waals surface area contributed by atoms with E-state index in [1.807, 2.05) is 11.3 Å². The van der Waals surface area contributed by atoms with E-state index in [2.05, 4.69) is 26.9 Å². The van der Waals surface area contributed by atoms with E-state index in [9.17, 15) is 0 Å². The summed E-state index contributed by atoms with van der Waals surface area (Å²) in [6.45, 7) is 7.41. The molecule has 1 aromatic rings. The average molecular weight is 377 g/mol. The summed E-state index contributed by atoms with van der Waals surface area (Å²) in [7, 11) is 0. The van der Waals surface area contributed by atoms with Gasteiger partial charge in [-0.3, -0.25) is 0 Å². The van der Waals surface area contributed by atoms with Gasteiger partial charge in [-0.15, -0.1) is 10.2 Å². The Morgan fingerprint density at radius 2 is 1.58 bits per heavy atom. The zero-order valence-electron chi connectivity index (χ0n) is 16.5. The lowest BCUT2D eigenvalue weighted by molar-refractivity contribution is 0.141. The number of piperidine rings is 2. The maximum Gasteiger partial charge on any atom is 0.208 e. The van der Waals surface area contributed by atoms with Crippen LogP contribution in [-0.2, 0) is 6.42 Å². The summed E-state index contributed by atoms with van der Waals surface area (Å²) >= 11 is 1.86. The molecule has 0 amide bonds. The Hall–Kier alpha value is -0.680. The van der Waals surface area contributed by atoms with Crippen molar-refractivity contribution in [2.75, 3.05) is 31.1 Å². The van der Waals surface area contributed by atoms with E-state index in [-0.39, 0.29) is 0 Å². The van der Waals surface area contributed by atoms with Crippen LogP contribution >= 0.6 is 11.3 Å². The fourth-order valence-electron chi connectivity index (χ4n) is 5.31. The van der Waals surface area contributed by atoms with Crippen LogP contribution in [0.5, 0.6) is 0 Å². The van der Waals surface area contributed by atoms with E-state index < -0.39 is 0 Å². The molecule has 1 atom stereocenters. The Balaban J connectivity index is 1.27. The molecule has 1 saturated carbocycles. The molecular formula is C21H36N4S. The van der Waals surface area contributed by atoms with Crippen molar-refractivity contribution in [3.63, 3.8) is 0 Å². The van der Waals surface area contributed by atoms with Gasteiger partial charge in [-0.25, -0.2) is 0 Å². The summed E-state index contributed by atoms with van der Waals surface area (Å²) in [5, 5.41) is 11.5. The largest absolute Gasteiger partial charge is 0.347 e. The first kappa shape index (κ1) is 18.7. The molecule has 3 aliphatic rings. The molecule has 2 aliphatic heterocycles. The van der Waals surface area contributed by atoms with Crippen molar-refractivity contribution in [2.24, 2.45) is 11.8 Å². The van der Waals surface area contributed by atoms with Crippen molar-refractivity contribution in [2.45, 2.75) is 83.6 Å². The number of hydrogen-bond donors (Lipinski definition) is 0. The standard InChI is InChI=1S/C21H36N4S/c1-17(18-8-4-2-5-9-18)16-20-22-23-21(26-20)25-14-10-19(11-15-25)24-12-6-3-7-13-24/h17-19H,2-16H2,1H3. The van der Waals surface area contributed by atoms with Crippen LogP contribution in [-0.4, -0.2) is 47.3 Å². The van der Waals surface area contributed by atoms with Gasteiger partial charge in [0.25, 0.3) is 0 Å². The lowest BCUT2D eigenvalue weighted by Crippen LogP contribution is -2.46. The van der Waals surface area contributed by atoms with Crippen LogP contribution in [0.3, 0.4) is 0 Å². The highest BCUT2D eigenvalue weighted by Gasteiger charge is 2.27. The predicted octanol–water partition coefficient (Wildman–Crippen LogP) is 4.75. The van der Waals surface area contributed by atoms with Gasteiger partial charge < -0.3 is 9.80 Å². The van der Waals surface area contributed by atoms with Crippen molar-refractivity contribution >= 4 is 16.5 Å². The van der Waals surface area contributed by atoms with E-state index in [1.54, 1.807) is 0 Å². The number of hydrogen-bond acceptors (Lipinski definition) is 5. The Labute approximate surface area is 163 Å². The lowest BCUT2D eigenvalue weighted by Gasteiger charge is -2.40. The van der Waals surface area contributed by atoms with Gasteiger partial charge in [0, 0.05) is 25.6 Å². The highest BCUT2D eigenvalue weighted by molar-refractivity contribution is 7.15. The molecule has 2 saturated heterocycles. The van der Waals surface area contributed by atoms with Crippen LogP contribution < -0.4 is 4.90 Å². The van der Waals surface area contributed by atoms with Crippen molar-refractivity contribution < 1.29 is 0 Å². The van der Waals surface area contributed by atoms with Gasteiger partial charge >= 0.3 is 0 Å². The quantitative estimate of drug-likeness (QED) is 0.742. The molecule has 0 spiro atoms. The summed E-state index contributed by atoms with van der Waals surface area (Å²) in [6.07, 6.45) is 15.1. The Morgan fingerprint density at radius 3 is 2.31 bits per heavy atom. The first-order valence-electron chi connectivity index (χ1n) is 11.1. The molecule has 1 unspecified atom stereocenters. The molecule has 0 aromatic carbocycles. The highest BCUT2D eigenvalue weighted by Crippen LogP contribution is 2.33. The zero-order valence-corrected chi connectivity index (χ0v) is 17.4. The van der Waals surface area contributed by atoms with Gasteiger partial charge in [0.15, 0.2) is 0 Å². The molecular weight excluding hydrogens is 340 g/mol. The lowest BCUT2D eigenvalue weighted by atomic mass is 9.80. The van der Waals surface area contributed by atoms with E-state index in [1.165, 1.54) is 87.4 Å². The maximum atomic E-state index is 4.56. The zero-order chi connectivity index (χ0) is 17.8. The van der Waals surface area contributed by atoms with Crippen LogP contribution in [0.1, 0.15) is 76.1 Å². The molecule has 1 aliphatic carbocycles. The highest BCUT2D eigenvalue weighted by atomic mass is 32.1. The fraction of sp³-hybridized carbons (Fsp3) is 0.905. The van der Waals surface area contributed by atoms with Crippen molar-refractivity contribution in [3.05, 3.63) is 5.01 Å². The first-order chi connectivity index (χ1) is 12.8. The molecule has 0 radical (unpaired) electrons. The second-order valence-corrected chi connectivity index (χ2v) is 9.91. The Bertz CT molecular complexity index is 540. The summed E-state index contributed by atoms with van der Waals surface area (Å²) in [5.74, 6) is 1.68. The average Bonchev–Trinajstić information content (AvgIpc) is 3.18. The van der Waals surface area contributed by atoms with Crippen LogP contribution in [0, 0.1) is 11.8 Å². The summed E-state index contributed by atoms with van der Waals surface area (Å²) in [6, 6.07) is 0.810. The van der Waals surface area contributed by atoms with Crippen molar-refractivity contribution in [3.8, 4) is 0 Å².